The highest BCUT2D eigenvalue weighted by atomic mass is 35.5. The van der Waals surface area contributed by atoms with Gasteiger partial charge in [-0.2, -0.15) is 0 Å². The van der Waals surface area contributed by atoms with Gasteiger partial charge in [-0.05, 0) is 53.4 Å². The van der Waals surface area contributed by atoms with Crippen molar-refractivity contribution in [1.82, 2.24) is 5.32 Å². The molecule has 0 spiro atoms. The molecule has 7 nitrogen and oxygen atoms in total. The summed E-state index contributed by atoms with van der Waals surface area (Å²) in [6.07, 6.45) is 2.70. The summed E-state index contributed by atoms with van der Waals surface area (Å²) in [5.74, 6) is 0.0670. The summed E-state index contributed by atoms with van der Waals surface area (Å²) >= 11 is 13.2. The van der Waals surface area contributed by atoms with Crippen LogP contribution in [0.3, 0.4) is 0 Å². The van der Waals surface area contributed by atoms with E-state index in [0.29, 0.717) is 51.8 Å². The molecule has 10 heteroatoms. The minimum Gasteiger partial charge on any atom is -0.493 e. The quantitative estimate of drug-likeness (QED) is 0.128. The van der Waals surface area contributed by atoms with Crippen LogP contribution in [-0.2, 0) is 17.8 Å². The number of hydrogen-bond donors (Lipinski definition) is 2. The first-order valence-corrected chi connectivity index (χ1v) is 14.8. The lowest BCUT2D eigenvalue weighted by molar-refractivity contribution is -0.136. The molecule has 0 saturated carbocycles. The number of halogens is 2. The van der Waals surface area contributed by atoms with Gasteiger partial charge in [-0.15, -0.1) is 11.3 Å². The van der Waals surface area contributed by atoms with E-state index in [1.54, 1.807) is 12.3 Å². The van der Waals surface area contributed by atoms with E-state index in [9.17, 15) is 9.59 Å². The summed E-state index contributed by atoms with van der Waals surface area (Å²) in [5, 5.41) is 13.0. The van der Waals surface area contributed by atoms with Crippen LogP contribution in [0.4, 0.5) is 0 Å². The Morgan fingerprint density at radius 2 is 1.64 bits per heavy atom. The number of furan rings is 1. The molecule has 42 heavy (non-hydrogen) atoms. The van der Waals surface area contributed by atoms with E-state index in [0.717, 1.165) is 44.6 Å². The minimum absolute atomic E-state index is 0.0260. The monoisotopic (exact) mass is 623 g/mol. The molecule has 0 aliphatic rings. The van der Waals surface area contributed by atoms with Gasteiger partial charge >= 0.3 is 5.97 Å². The zero-order valence-electron chi connectivity index (χ0n) is 22.4. The number of ether oxygens (including phenoxy) is 2. The second-order valence-corrected chi connectivity index (χ2v) is 11.8. The topological polar surface area (TPSA) is 98.0 Å². The number of carbonyl (C=O) groups excluding carboxylic acids is 1. The van der Waals surface area contributed by atoms with Crippen molar-refractivity contribution in [3.8, 4) is 22.6 Å². The van der Waals surface area contributed by atoms with Gasteiger partial charge in [0.1, 0.15) is 21.4 Å². The normalized spacial score (nSPS) is 11.0. The van der Waals surface area contributed by atoms with Crippen LogP contribution in [0.5, 0.6) is 11.5 Å². The molecule has 216 valence electrons. The maximum atomic E-state index is 12.6. The van der Waals surface area contributed by atoms with Crippen molar-refractivity contribution in [2.75, 3.05) is 13.2 Å². The molecule has 0 aliphatic heterocycles. The average molecular weight is 625 g/mol. The Balaban J connectivity index is 1.15. The first-order valence-electron chi connectivity index (χ1n) is 13.3. The summed E-state index contributed by atoms with van der Waals surface area (Å²) < 4.78 is 18.4. The molecule has 0 aliphatic carbocycles. The Morgan fingerprint density at radius 3 is 2.36 bits per heavy atom. The van der Waals surface area contributed by atoms with Crippen molar-refractivity contribution in [3.63, 3.8) is 0 Å². The fourth-order valence-electron chi connectivity index (χ4n) is 4.49. The van der Waals surface area contributed by atoms with E-state index < -0.39 is 5.97 Å². The first kappa shape index (κ1) is 29.5. The number of carboxylic acid groups (broad SMARTS) is 1. The molecule has 3 aromatic carbocycles. The van der Waals surface area contributed by atoms with Gasteiger partial charge in [-0.25, -0.2) is 0 Å². The third-order valence-electron chi connectivity index (χ3n) is 6.58. The number of benzene rings is 3. The van der Waals surface area contributed by atoms with Gasteiger partial charge < -0.3 is 24.3 Å². The second-order valence-electron chi connectivity index (χ2n) is 9.47. The van der Waals surface area contributed by atoms with E-state index in [1.807, 2.05) is 48.5 Å². The number of amides is 1. The molecule has 0 unspecified atom stereocenters. The summed E-state index contributed by atoms with van der Waals surface area (Å²) in [4.78, 5) is 23.8. The number of carbonyl (C=O) groups is 2. The molecular weight excluding hydrogens is 597 g/mol. The molecule has 2 heterocycles. The number of nitrogens with one attached hydrogen (secondary N) is 1. The molecule has 0 bridgehead atoms. The Morgan fingerprint density at radius 1 is 0.905 bits per heavy atom. The van der Waals surface area contributed by atoms with Crippen molar-refractivity contribution in [3.05, 3.63) is 104 Å². The third kappa shape index (κ3) is 7.45. The van der Waals surface area contributed by atoms with Gasteiger partial charge in [0.25, 0.3) is 5.91 Å². The highest BCUT2D eigenvalue weighted by Gasteiger charge is 2.15. The minimum atomic E-state index is -0.896. The lowest BCUT2D eigenvalue weighted by atomic mass is 10.0. The average Bonchev–Trinajstić information content (AvgIpc) is 3.57. The standard InChI is InChI=1S/C32H27Cl2NO6S/c33-29-17-26(31(34)42-29)32(38)35-18-22-15-23(9-7-20(22)8-12-30(36)37)39-13-4-14-40-24-10-11-25-27(19-41-28(25)16-24)21-5-2-1-3-6-21/h1-3,5-7,9-11,15-17,19H,4,8,12-14,18H2,(H,35,38)(H,36,37). The Bertz CT molecular complexity index is 1700. The highest BCUT2D eigenvalue weighted by Crippen LogP contribution is 2.33. The Kier molecular flexibility index (Phi) is 9.69. The second kappa shape index (κ2) is 13.8. The maximum Gasteiger partial charge on any atom is 0.303 e. The molecule has 5 rings (SSSR count). The van der Waals surface area contributed by atoms with Crippen molar-refractivity contribution in [2.45, 2.75) is 25.8 Å². The third-order valence-corrected chi connectivity index (χ3v) is 8.07. The first-order chi connectivity index (χ1) is 20.4. The Hall–Kier alpha value is -3.98. The number of hydrogen-bond acceptors (Lipinski definition) is 6. The van der Waals surface area contributed by atoms with Crippen LogP contribution < -0.4 is 14.8 Å². The largest absolute Gasteiger partial charge is 0.493 e. The summed E-state index contributed by atoms with van der Waals surface area (Å²) in [5.41, 5.74) is 4.77. The number of carboxylic acids is 1. The molecule has 2 aromatic heterocycles. The van der Waals surface area contributed by atoms with Crippen molar-refractivity contribution in [2.24, 2.45) is 0 Å². The van der Waals surface area contributed by atoms with E-state index in [-0.39, 0.29) is 18.9 Å². The van der Waals surface area contributed by atoms with Crippen LogP contribution >= 0.6 is 34.5 Å². The van der Waals surface area contributed by atoms with E-state index in [1.165, 1.54) is 6.07 Å². The van der Waals surface area contributed by atoms with Crippen LogP contribution in [0.1, 0.15) is 34.3 Å². The van der Waals surface area contributed by atoms with Crippen LogP contribution in [-0.4, -0.2) is 30.2 Å². The van der Waals surface area contributed by atoms with Crippen LogP contribution in [0.2, 0.25) is 8.67 Å². The zero-order chi connectivity index (χ0) is 29.5. The van der Waals surface area contributed by atoms with Gasteiger partial charge in [0.05, 0.1) is 29.4 Å². The lowest BCUT2D eigenvalue weighted by Gasteiger charge is -2.14. The van der Waals surface area contributed by atoms with Crippen molar-refractivity contribution in [1.29, 1.82) is 0 Å². The number of rotatable bonds is 13. The molecule has 0 saturated heterocycles. The number of fused-ring (bicyclic) bond motifs is 1. The summed E-state index contributed by atoms with van der Waals surface area (Å²) in [6.45, 7) is 1.03. The van der Waals surface area contributed by atoms with E-state index in [2.05, 4.69) is 17.4 Å². The van der Waals surface area contributed by atoms with Gasteiger partial charge in [-0.1, -0.05) is 59.6 Å². The fraction of sp³-hybridized carbons (Fsp3) is 0.188. The zero-order valence-corrected chi connectivity index (χ0v) is 24.7. The number of aryl methyl sites for hydroxylation is 1. The fourth-order valence-corrected chi connectivity index (χ4v) is 5.94. The lowest BCUT2D eigenvalue weighted by Crippen LogP contribution is -2.23. The molecular formula is C32H27Cl2NO6S. The summed E-state index contributed by atoms with van der Waals surface area (Å²) in [7, 11) is 0. The van der Waals surface area contributed by atoms with Crippen LogP contribution in [0.15, 0.2) is 83.5 Å². The van der Waals surface area contributed by atoms with Crippen LogP contribution in [0.25, 0.3) is 22.1 Å². The maximum absolute atomic E-state index is 12.6. The van der Waals surface area contributed by atoms with E-state index in [4.69, 9.17) is 42.2 Å². The SMILES string of the molecule is O=C(O)CCc1ccc(OCCCOc2ccc3c(-c4ccccc4)coc3c2)cc1CNC(=O)c1cc(Cl)sc1Cl. The van der Waals surface area contributed by atoms with Gasteiger partial charge in [0, 0.05) is 36.4 Å². The van der Waals surface area contributed by atoms with Crippen LogP contribution in [0, 0.1) is 0 Å². The predicted molar refractivity (Wildman–Crippen MR) is 165 cm³/mol. The van der Waals surface area contributed by atoms with E-state index >= 15 is 0 Å². The van der Waals surface area contributed by atoms with Gasteiger partial charge in [0.2, 0.25) is 0 Å². The molecule has 5 aromatic rings. The molecule has 2 N–H and O–H groups in total. The molecule has 0 radical (unpaired) electrons. The predicted octanol–water partition coefficient (Wildman–Crippen LogP) is 8.26. The number of thiophene rings is 1. The van der Waals surface area contributed by atoms with Gasteiger partial charge in [0.15, 0.2) is 0 Å². The smallest absolute Gasteiger partial charge is 0.303 e. The Labute approximate surface area is 256 Å². The molecule has 0 atom stereocenters. The molecule has 0 fully saturated rings. The summed E-state index contributed by atoms with van der Waals surface area (Å²) in [6, 6.07) is 22.9. The van der Waals surface area contributed by atoms with Gasteiger partial charge in [-0.3, -0.25) is 9.59 Å². The van der Waals surface area contributed by atoms with Crippen molar-refractivity contribution < 1.29 is 28.6 Å². The van der Waals surface area contributed by atoms with Crippen molar-refractivity contribution >= 4 is 57.4 Å². The molecule has 1 amide bonds. The highest BCUT2D eigenvalue weighted by molar-refractivity contribution is 7.20. The number of aliphatic carboxylic acids is 1.